The molecular weight excluding hydrogens is 257 g/mol. The molecule has 0 unspecified atom stereocenters. The quantitative estimate of drug-likeness (QED) is 0.835. The lowest BCUT2D eigenvalue weighted by molar-refractivity contribution is 0.353. The van der Waals surface area contributed by atoms with E-state index in [0.717, 1.165) is 12.1 Å². The summed E-state index contributed by atoms with van der Waals surface area (Å²) in [5.41, 5.74) is 0.264. The summed E-state index contributed by atoms with van der Waals surface area (Å²) in [4.78, 5) is -0.110. The second-order valence-corrected chi connectivity index (χ2v) is 5.27. The summed E-state index contributed by atoms with van der Waals surface area (Å²) in [6, 6.07) is 2.22. The number of benzene rings is 1. The first-order chi connectivity index (χ1) is 7.38. The van der Waals surface area contributed by atoms with Crippen molar-refractivity contribution >= 4 is 27.7 Å². The van der Waals surface area contributed by atoms with Gasteiger partial charge in [-0.15, -0.1) is 0 Å². The summed E-state index contributed by atoms with van der Waals surface area (Å²) in [6.45, 7) is -0.197. The molecule has 0 spiro atoms. The van der Waals surface area contributed by atoms with Crippen molar-refractivity contribution < 1.29 is 17.5 Å². The van der Waals surface area contributed by atoms with Gasteiger partial charge in [0.1, 0.15) is 18.2 Å². The largest absolute Gasteiger partial charge is 0.486 e. The van der Waals surface area contributed by atoms with Gasteiger partial charge >= 0.3 is 0 Å². The van der Waals surface area contributed by atoms with Crippen LogP contribution < -0.4 is 9.88 Å². The molecule has 2 rings (SSSR count). The van der Waals surface area contributed by atoms with Crippen LogP contribution in [-0.2, 0) is 10.0 Å². The molecule has 1 aromatic carbocycles. The van der Waals surface area contributed by atoms with E-state index >= 15 is 0 Å². The van der Waals surface area contributed by atoms with E-state index in [4.69, 9.17) is 21.5 Å². The van der Waals surface area contributed by atoms with E-state index in [-0.39, 0.29) is 27.8 Å². The number of ether oxygens (including phenoxy) is 1. The number of halogens is 2. The SMILES string of the molecule is NS(=O)(=O)C1=Cc2cc(F)cc(Cl)c2OC1. The molecule has 16 heavy (non-hydrogen) atoms. The molecule has 1 heterocycles. The maximum absolute atomic E-state index is 13.0. The van der Waals surface area contributed by atoms with Crippen LogP contribution in [0.15, 0.2) is 17.0 Å². The van der Waals surface area contributed by atoms with Crippen molar-refractivity contribution in [1.82, 2.24) is 0 Å². The van der Waals surface area contributed by atoms with Crippen LogP contribution in [0, 0.1) is 5.82 Å². The first-order valence-electron chi connectivity index (χ1n) is 4.23. The molecule has 1 aromatic rings. The fourth-order valence-electron chi connectivity index (χ4n) is 1.36. The molecule has 0 amide bonds. The van der Waals surface area contributed by atoms with Gasteiger partial charge in [0.2, 0.25) is 10.0 Å². The number of primary sulfonamides is 1. The average Bonchev–Trinajstić information content (AvgIpc) is 2.15. The minimum Gasteiger partial charge on any atom is -0.486 e. The van der Waals surface area contributed by atoms with Gasteiger partial charge in [-0.05, 0) is 18.2 Å². The number of hydrogen-bond donors (Lipinski definition) is 1. The van der Waals surface area contributed by atoms with Gasteiger partial charge in [0.25, 0.3) is 0 Å². The van der Waals surface area contributed by atoms with Gasteiger partial charge in [0.05, 0.1) is 9.93 Å². The van der Waals surface area contributed by atoms with E-state index in [1.54, 1.807) is 0 Å². The van der Waals surface area contributed by atoms with Gasteiger partial charge in [-0.3, -0.25) is 0 Å². The minimum atomic E-state index is -3.82. The van der Waals surface area contributed by atoms with E-state index in [1.807, 2.05) is 0 Å². The van der Waals surface area contributed by atoms with Crippen LogP contribution in [0.3, 0.4) is 0 Å². The van der Waals surface area contributed by atoms with Crippen LogP contribution in [0.25, 0.3) is 6.08 Å². The molecule has 7 heteroatoms. The van der Waals surface area contributed by atoms with Gasteiger partial charge < -0.3 is 4.74 Å². The Morgan fingerprint density at radius 3 is 2.75 bits per heavy atom. The Morgan fingerprint density at radius 2 is 2.12 bits per heavy atom. The highest BCUT2D eigenvalue weighted by Crippen LogP contribution is 2.35. The first-order valence-corrected chi connectivity index (χ1v) is 6.15. The molecule has 0 saturated heterocycles. The summed E-state index contributed by atoms with van der Waals surface area (Å²) in [7, 11) is -3.82. The molecule has 0 aromatic heterocycles. The molecule has 0 saturated carbocycles. The molecule has 4 nitrogen and oxygen atoms in total. The summed E-state index contributed by atoms with van der Waals surface area (Å²) in [5, 5.41) is 5.04. The second-order valence-electron chi connectivity index (χ2n) is 3.25. The van der Waals surface area contributed by atoms with Crippen LogP contribution in [-0.4, -0.2) is 15.0 Å². The van der Waals surface area contributed by atoms with Crippen molar-refractivity contribution in [3.8, 4) is 5.75 Å². The minimum absolute atomic E-state index is 0.0970. The fourth-order valence-corrected chi connectivity index (χ4v) is 2.14. The summed E-state index contributed by atoms with van der Waals surface area (Å²) >= 11 is 5.73. The molecule has 2 N–H and O–H groups in total. The third kappa shape index (κ3) is 2.04. The Morgan fingerprint density at radius 1 is 1.44 bits per heavy atom. The Balaban J connectivity index is 2.60. The Labute approximate surface area is 96.5 Å². The number of rotatable bonds is 1. The monoisotopic (exact) mass is 263 g/mol. The van der Waals surface area contributed by atoms with Crippen LogP contribution in [0.1, 0.15) is 5.56 Å². The van der Waals surface area contributed by atoms with Gasteiger partial charge in [-0.25, -0.2) is 17.9 Å². The maximum atomic E-state index is 13.0. The van der Waals surface area contributed by atoms with Crippen molar-refractivity contribution in [3.05, 3.63) is 33.4 Å². The van der Waals surface area contributed by atoms with Crippen LogP contribution in [0.5, 0.6) is 5.75 Å². The number of sulfonamides is 1. The van der Waals surface area contributed by atoms with Crippen molar-refractivity contribution in [2.24, 2.45) is 5.14 Å². The molecule has 1 aliphatic rings. The average molecular weight is 264 g/mol. The smallest absolute Gasteiger partial charge is 0.237 e. The van der Waals surface area contributed by atoms with Gasteiger partial charge in [-0.1, -0.05) is 11.6 Å². The predicted molar refractivity (Wildman–Crippen MR) is 58.0 cm³/mol. The van der Waals surface area contributed by atoms with Gasteiger partial charge in [0.15, 0.2) is 0 Å². The first kappa shape index (κ1) is 11.4. The zero-order valence-corrected chi connectivity index (χ0v) is 9.48. The lowest BCUT2D eigenvalue weighted by Gasteiger charge is -2.17. The van der Waals surface area contributed by atoms with Crippen LogP contribution >= 0.6 is 11.6 Å². The highest BCUT2D eigenvalue weighted by atomic mass is 35.5. The van der Waals surface area contributed by atoms with Crippen molar-refractivity contribution in [2.45, 2.75) is 0 Å². The molecule has 0 aliphatic carbocycles. The third-order valence-electron chi connectivity index (χ3n) is 2.08. The third-order valence-corrected chi connectivity index (χ3v) is 3.33. The van der Waals surface area contributed by atoms with E-state index < -0.39 is 15.8 Å². The second kappa shape index (κ2) is 3.73. The van der Waals surface area contributed by atoms with E-state index in [0.29, 0.717) is 0 Å². The Bertz CT molecular complexity index is 583. The highest BCUT2D eigenvalue weighted by molar-refractivity contribution is 7.93. The zero-order chi connectivity index (χ0) is 11.9. The van der Waals surface area contributed by atoms with Crippen molar-refractivity contribution in [1.29, 1.82) is 0 Å². The zero-order valence-electron chi connectivity index (χ0n) is 7.91. The van der Waals surface area contributed by atoms with E-state index in [2.05, 4.69) is 0 Å². The maximum Gasteiger partial charge on any atom is 0.237 e. The standard InChI is InChI=1S/C9H7ClFNO3S/c10-8-3-6(11)1-5-2-7(16(12,13)14)4-15-9(5)8/h1-3H,4H2,(H2,12,13,14). The molecule has 0 bridgehead atoms. The fraction of sp³-hybridized carbons (Fsp3) is 0.111. The molecule has 86 valence electrons. The summed E-state index contributed by atoms with van der Waals surface area (Å²) in [5.74, 6) is -0.310. The van der Waals surface area contributed by atoms with E-state index in [9.17, 15) is 12.8 Å². The summed E-state index contributed by atoms with van der Waals surface area (Å²) in [6.07, 6.45) is 1.25. The van der Waals surface area contributed by atoms with E-state index in [1.165, 1.54) is 6.08 Å². The highest BCUT2D eigenvalue weighted by Gasteiger charge is 2.21. The molecule has 0 fully saturated rings. The van der Waals surface area contributed by atoms with Crippen molar-refractivity contribution in [3.63, 3.8) is 0 Å². The Hall–Kier alpha value is -1.11. The van der Waals surface area contributed by atoms with Crippen LogP contribution in [0.4, 0.5) is 4.39 Å². The van der Waals surface area contributed by atoms with Crippen molar-refractivity contribution in [2.75, 3.05) is 6.61 Å². The van der Waals surface area contributed by atoms with Gasteiger partial charge in [-0.2, -0.15) is 0 Å². The van der Waals surface area contributed by atoms with Gasteiger partial charge in [0, 0.05) is 5.56 Å². The number of hydrogen-bond acceptors (Lipinski definition) is 3. The molecular formula is C9H7ClFNO3S. The van der Waals surface area contributed by atoms with Crippen LogP contribution in [0.2, 0.25) is 5.02 Å². The Kier molecular flexibility index (Phi) is 2.65. The topological polar surface area (TPSA) is 69.4 Å². The lowest BCUT2D eigenvalue weighted by Crippen LogP contribution is -2.21. The molecule has 0 atom stereocenters. The predicted octanol–water partition coefficient (Wildman–Crippen LogP) is 1.50. The molecule has 0 radical (unpaired) electrons. The normalized spacial score (nSPS) is 15.1. The molecule has 1 aliphatic heterocycles. The number of nitrogens with two attached hydrogens (primary N) is 1. The summed E-state index contributed by atoms with van der Waals surface area (Å²) < 4.78 is 40.3. The lowest BCUT2D eigenvalue weighted by atomic mass is 10.1. The number of fused-ring (bicyclic) bond motifs is 1.